The number of nitrogens with zero attached hydrogens (tertiary/aromatic N) is 3. The molecule has 1 amide bonds. The molecule has 3 heterocycles. The average molecular weight is 347 g/mol. The molecule has 0 saturated carbocycles. The van der Waals surface area contributed by atoms with E-state index < -0.39 is 0 Å². The zero-order valence-corrected chi connectivity index (χ0v) is 15.4. The van der Waals surface area contributed by atoms with Crippen molar-refractivity contribution in [1.29, 1.82) is 0 Å². The highest BCUT2D eigenvalue weighted by atomic mass is 16.5. The highest BCUT2D eigenvalue weighted by molar-refractivity contribution is 5.84. The lowest BCUT2D eigenvalue weighted by atomic mass is 9.78. The summed E-state index contributed by atoms with van der Waals surface area (Å²) in [7, 11) is 1.69. The summed E-state index contributed by atoms with van der Waals surface area (Å²) in [5.41, 5.74) is 0.977. The van der Waals surface area contributed by atoms with E-state index in [4.69, 9.17) is 9.47 Å². The summed E-state index contributed by atoms with van der Waals surface area (Å²) in [6.45, 7) is 7.43. The molecule has 1 aromatic rings. The molecule has 6 heteroatoms. The van der Waals surface area contributed by atoms with Crippen LogP contribution in [0.2, 0.25) is 0 Å². The van der Waals surface area contributed by atoms with Crippen molar-refractivity contribution in [3.05, 3.63) is 23.9 Å². The fraction of sp³-hybridized carbons (Fsp3) is 0.684. The maximum Gasteiger partial charge on any atom is 0.230 e. The normalized spacial score (nSPS) is 24.2. The highest BCUT2D eigenvalue weighted by Crippen LogP contribution is 2.40. The van der Waals surface area contributed by atoms with Crippen LogP contribution in [0.25, 0.3) is 0 Å². The average Bonchev–Trinajstić information content (AvgIpc) is 3.02. The van der Waals surface area contributed by atoms with Gasteiger partial charge in [0.15, 0.2) is 0 Å². The molecular weight excluding hydrogens is 318 g/mol. The molecule has 1 aromatic heterocycles. The summed E-state index contributed by atoms with van der Waals surface area (Å²) < 4.78 is 10.5. The van der Waals surface area contributed by atoms with E-state index in [1.807, 2.05) is 24.1 Å². The monoisotopic (exact) mass is 347 g/mol. The highest BCUT2D eigenvalue weighted by Gasteiger charge is 2.47. The Morgan fingerprint density at radius 1 is 1.28 bits per heavy atom. The number of carbonyl (C=O) groups is 1. The van der Waals surface area contributed by atoms with Gasteiger partial charge in [-0.15, -0.1) is 0 Å². The lowest BCUT2D eigenvalue weighted by molar-refractivity contribution is -0.146. The van der Waals surface area contributed by atoms with Crippen LogP contribution in [0.4, 0.5) is 0 Å². The molecule has 138 valence electrons. The van der Waals surface area contributed by atoms with Gasteiger partial charge in [-0.25, -0.2) is 4.98 Å². The second kappa shape index (κ2) is 8.15. The zero-order chi connectivity index (χ0) is 17.7. The topological polar surface area (TPSA) is 54.9 Å². The smallest absolute Gasteiger partial charge is 0.230 e. The van der Waals surface area contributed by atoms with Crippen LogP contribution < -0.4 is 4.74 Å². The van der Waals surface area contributed by atoms with Crippen LogP contribution in [0.5, 0.6) is 5.88 Å². The standard InChI is InChI=1S/C19H29N3O3/c1-3-25-17-6-5-16(13-20-17)14-21-10-8-19(15-21)7-4-9-22(18(19)23)11-12-24-2/h5-6,13H,3-4,7-12,14-15H2,1-2H3. The van der Waals surface area contributed by atoms with E-state index in [-0.39, 0.29) is 5.41 Å². The Hall–Kier alpha value is -1.66. The maximum atomic E-state index is 13.0. The van der Waals surface area contributed by atoms with Crippen LogP contribution in [-0.2, 0) is 16.1 Å². The third-order valence-electron chi connectivity index (χ3n) is 5.32. The Bertz CT molecular complexity index is 578. The van der Waals surface area contributed by atoms with E-state index in [1.54, 1.807) is 7.11 Å². The number of piperidine rings is 1. The second-order valence-corrected chi connectivity index (χ2v) is 7.07. The fourth-order valence-electron chi connectivity index (χ4n) is 4.03. The molecular formula is C19H29N3O3. The van der Waals surface area contributed by atoms with Crippen molar-refractivity contribution in [2.75, 3.05) is 46.5 Å². The van der Waals surface area contributed by atoms with Crippen LogP contribution in [0.15, 0.2) is 18.3 Å². The molecule has 0 aliphatic carbocycles. The van der Waals surface area contributed by atoms with Gasteiger partial charge in [0.05, 0.1) is 18.6 Å². The number of ether oxygens (including phenoxy) is 2. The van der Waals surface area contributed by atoms with Gasteiger partial charge in [0.2, 0.25) is 11.8 Å². The summed E-state index contributed by atoms with van der Waals surface area (Å²) in [5, 5.41) is 0. The number of amides is 1. The van der Waals surface area contributed by atoms with E-state index in [1.165, 1.54) is 5.56 Å². The number of hydrogen-bond acceptors (Lipinski definition) is 5. The molecule has 25 heavy (non-hydrogen) atoms. The number of likely N-dealkylation sites (tertiary alicyclic amines) is 2. The molecule has 0 aromatic carbocycles. The Labute approximate surface area is 150 Å². The number of methoxy groups -OCH3 is 1. The van der Waals surface area contributed by atoms with E-state index in [2.05, 4.69) is 16.0 Å². The molecule has 2 saturated heterocycles. The molecule has 1 spiro atoms. The first kappa shape index (κ1) is 18.1. The van der Waals surface area contributed by atoms with Gasteiger partial charge in [-0.05, 0) is 38.3 Å². The van der Waals surface area contributed by atoms with E-state index in [9.17, 15) is 4.79 Å². The van der Waals surface area contributed by atoms with Gasteiger partial charge in [0, 0.05) is 45.6 Å². The molecule has 2 aliphatic rings. The van der Waals surface area contributed by atoms with Crippen molar-refractivity contribution < 1.29 is 14.3 Å². The van der Waals surface area contributed by atoms with Crippen molar-refractivity contribution >= 4 is 5.91 Å². The molecule has 2 fully saturated rings. The molecule has 0 bridgehead atoms. The van der Waals surface area contributed by atoms with Crippen molar-refractivity contribution in [3.63, 3.8) is 0 Å². The molecule has 3 rings (SSSR count). The fourth-order valence-corrected chi connectivity index (χ4v) is 4.03. The molecule has 6 nitrogen and oxygen atoms in total. The largest absolute Gasteiger partial charge is 0.478 e. The Morgan fingerprint density at radius 3 is 2.88 bits per heavy atom. The van der Waals surface area contributed by atoms with E-state index in [0.717, 1.165) is 45.4 Å². The first-order valence-corrected chi connectivity index (χ1v) is 9.25. The third kappa shape index (κ3) is 4.12. The first-order valence-electron chi connectivity index (χ1n) is 9.25. The lowest BCUT2D eigenvalue weighted by Gasteiger charge is -2.39. The maximum absolute atomic E-state index is 13.0. The van der Waals surface area contributed by atoms with Crippen molar-refractivity contribution in [2.45, 2.75) is 32.7 Å². The predicted molar refractivity (Wildman–Crippen MR) is 95.4 cm³/mol. The summed E-state index contributed by atoms with van der Waals surface area (Å²) >= 11 is 0. The molecule has 1 unspecified atom stereocenters. The van der Waals surface area contributed by atoms with Crippen LogP contribution in [0.3, 0.4) is 0 Å². The minimum atomic E-state index is -0.190. The zero-order valence-electron chi connectivity index (χ0n) is 15.4. The summed E-state index contributed by atoms with van der Waals surface area (Å²) in [6, 6.07) is 3.99. The van der Waals surface area contributed by atoms with Crippen LogP contribution in [0, 0.1) is 5.41 Å². The molecule has 1 atom stereocenters. The summed E-state index contributed by atoms with van der Waals surface area (Å²) in [4.78, 5) is 21.7. The number of carbonyl (C=O) groups excluding carboxylic acids is 1. The van der Waals surface area contributed by atoms with Crippen LogP contribution in [-0.4, -0.2) is 67.2 Å². The predicted octanol–water partition coefficient (Wildman–Crippen LogP) is 1.94. The minimum Gasteiger partial charge on any atom is -0.478 e. The second-order valence-electron chi connectivity index (χ2n) is 7.07. The third-order valence-corrected chi connectivity index (χ3v) is 5.32. The van der Waals surface area contributed by atoms with E-state index in [0.29, 0.717) is 31.5 Å². The Kier molecular flexibility index (Phi) is 5.91. The minimum absolute atomic E-state index is 0.190. The van der Waals surface area contributed by atoms with Crippen LogP contribution >= 0.6 is 0 Å². The van der Waals surface area contributed by atoms with Gasteiger partial charge in [-0.1, -0.05) is 6.07 Å². The lowest BCUT2D eigenvalue weighted by Crippen LogP contribution is -2.50. The molecule has 2 aliphatic heterocycles. The van der Waals surface area contributed by atoms with Gasteiger partial charge >= 0.3 is 0 Å². The Balaban J connectivity index is 1.59. The van der Waals surface area contributed by atoms with Gasteiger partial charge < -0.3 is 14.4 Å². The van der Waals surface area contributed by atoms with Crippen molar-refractivity contribution in [2.24, 2.45) is 5.41 Å². The van der Waals surface area contributed by atoms with Crippen molar-refractivity contribution in [1.82, 2.24) is 14.8 Å². The van der Waals surface area contributed by atoms with Gasteiger partial charge in [-0.3, -0.25) is 9.69 Å². The van der Waals surface area contributed by atoms with Crippen LogP contribution in [0.1, 0.15) is 31.7 Å². The number of rotatable bonds is 7. The summed E-state index contributed by atoms with van der Waals surface area (Å²) in [5.74, 6) is 0.989. The van der Waals surface area contributed by atoms with Gasteiger partial charge in [-0.2, -0.15) is 0 Å². The molecule has 0 radical (unpaired) electrons. The number of hydrogen-bond donors (Lipinski definition) is 0. The van der Waals surface area contributed by atoms with Gasteiger partial charge in [0.25, 0.3) is 0 Å². The van der Waals surface area contributed by atoms with E-state index >= 15 is 0 Å². The number of aromatic nitrogens is 1. The van der Waals surface area contributed by atoms with Crippen molar-refractivity contribution in [3.8, 4) is 5.88 Å². The van der Waals surface area contributed by atoms with Gasteiger partial charge in [0.1, 0.15) is 0 Å². The first-order chi connectivity index (χ1) is 12.2. The molecule has 0 N–H and O–H groups in total. The quantitative estimate of drug-likeness (QED) is 0.754. The SMILES string of the molecule is CCOc1ccc(CN2CCC3(CCCN(CCOC)C3=O)C2)cn1. The number of pyridine rings is 1. The Morgan fingerprint density at radius 2 is 2.16 bits per heavy atom. The summed E-state index contributed by atoms with van der Waals surface area (Å²) in [6.07, 6.45) is 4.94.